The molecule has 0 aliphatic carbocycles. The summed E-state index contributed by atoms with van der Waals surface area (Å²) in [5.74, 6) is -0.287. The van der Waals surface area contributed by atoms with Gasteiger partial charge in [0.15, 0.2) is 0 Å². The molecular weight excluding hydrogens is 374 g/mol. The summed E-state index contributed by atoms with van der Waals surface area (Å²) < 4.78 is 6.56. The molecule has 2 N–H and O–H groups in total. The second kappa shape index (κ2) is 9.76. The summed E-state index contributed by atoms with van der Waals surface area (Å²) in [5, 5.41) is 9.99. The summed E-state index contributed by atoms with van der Waals surface area (Å²) in [4.78, 5) is 37.6. The van der Waals surface area contributed by atoms with Gasteiger partial charge in [-0.3, -0.25) is 9.59 Å². The number of anilines is 1. The smallest absolute Gasteiger partial charge is 0.325 e. The standard InChI is InChI=1S/C20H35N5O4/c1-9-24(18(28)21-12-17(27)29-10-2)13-16(26)22-15-11-14(19(3,4)5)23-25(15)20(6,7)8/h11H,9-10,12-13H2,1-8H3,(H,21,28)(H,22,26). The van der Waals surface area contributed by atoms with Crippen molar-refractivity contribution in [2.24, 2.45) is 0 Å². The lowest BCUT2D eigenvalue weighted by molar-refractivity contribution is -0.141. The van der Waals surface area contributed by atoms with Gasteiger partial charge >= 0.3 is 12.0 Å². The third-order valence-electron chi connectivity index (χ3n) is 4.07. The van der Waals surface area contributed by atoms with Crippen molar-refractivity contribution in [2.45, 2.75) is 66.3 Å². The van der Waals surface area contributed by atoms with Crippen LogP contribution in [0.15, 0.2) is 6.07 Å². The summed E-state index contributed by atoms with van der Waals surface area (Å²) in [6.45, 7) is 15.8. The predicted octanol–water partition coefficient (Wildman–Crippen LogP) is 2.47. The van der Waals surface area contributed by atoms with Crippen LogP contribution in [0.25, 0.3) is 0 Å². The van der Waals surface area contributed by atoms with Gasteiger partial charge in [0.2, 0.25) is 5.91 Å². The normalized spacial score (nSPS) is 11.7. The van der Waals surface area contributed by atoms with E-state index in [1.807, 2.05) is 26.8 Å². The molecule has 0 aliphatic heterocycles. The highest BCUT2D eigenvalue weighted by Gasteiger charge is 2.26. The van der Waals surface area contributed by atoms with Gasteiger partial charge in [-0.1, -0.05) is 20.8 Å². The van der Waals surface area contributed by atoms with E-state index in [1.165, 1.54) is 4.90 Å². The molecule has 29 heavy (non-hydrogen) atoms. The van der Waals surface area contributed by atoms with E-state index in [4.69, 9.17) is 4.74 Å². The molecule has 1 aromatic rings. The zero-order chi connectivity index (χ0) is 22.4. The third-order valence-corrected chi connectivity index (χ3v) is 4.07. The SMILES string of the molecule is CCOC(=O)CNC(=O)N(CC)CC(=O)Nc1cc(C(C)(C)C)nn1C(C)(C)C. The fourth-order valence-corrected chi connectivity index (χ4v) is 2.50. The Labute approximate surface area is 173 Å². The minimum atomic E-state index is -0.523. The molecule has 0 saturated carbocycles. The van der Waals surface area contributed by atoms with Crippen molar-refractivity contribution in [1.29, 1.82) is 0 Å². The Hall–Kier alpha value is -2.58. The maximum Gasteiger partial charge on any atom is 0.325 e. The van der Waals surface area contributed by atoms with E-state index in [-0.39, 0.29) is 36.6 Å². The van der Waals surface area contributed by atoms with Crippen LogP contribution in [0.4, 0.5) is 10.6 Å². The van der Waals surface area contributed by atoms with Crippen molar-refractivity contribution in [3.63, 3.8) is 0 Å². The van der Waals surface area contributed by atoms with E-state index < -0.39 is 12.0 Å². The summed E-state index contributed by atoms with van der Waals surface area (Å²) >= 11 is 0. The molecule has 0 atom stereocenters. The first kappa shape index (κ1) is 24.5. The van der Waals surface area contributed by atoms with Gasteiger partial charge in [-0.05, 0) is 34.6 Å². The second-order valence-corrected chi connectivity index (χ2v) is 8.77. The quantitative estimate of drug-likeness (QED) is 0.673. The van der Waals surface area contributed by atoms with Crippen molar-refractivity contribution >= 4 is 23.7 Å². The van der Waals surface area contributed by atoms with Gasteiger partial charge in [0.05, 0.1) is 17.8 Å². The number of likely N-dealkylation sites (N-methyl/N-ethyl adjacent to an activating group) is 1. The summed E-state index contributed by atoms with van der Waals surface area (Å²) in [7, 11) is 0. The van der Waals surface area contributed by atoms with Crippen LogP contribution in [0.2, 0.25) is 0 Å². The second-order valence-electron chi connectivity index (χ2n) is 8.77. The van der Waals surface area contributed by atoms with Gasteiger partial charge in [-0.15, -0.1) is 0 Å². The van der Waals surface area contributed by atoms with Gasteiger partial charge in [-0.25, -0.2) is 9.48 Å². The van der Waals surface area contributed by atoms with Crippen molar-refractivity contribution < 1.29 is 19.1 Å². The first-order valence-corrected chi connectivity index (χ1v) is 9.88. The van der Waals surface area contributed by atoms with E-state index in [0.29, 0.717) is 12.4 Å². The molecule has 0 radical (unpaired) electrons. The van der Waals surface area contributed by atoms with Crippen LogP contribution in [-0.2, 0) is 25.3 Å². The van der Waals surface area contributed by atoms with Gasteiger partial charge in [-0.2, -0.15) is 5.10 Å². The molecule has 0 unspecified atom stereocenters. The Morgan fingerprint density at radius 1 is 1.14 bits per heavy atom. The van der Waals surface area contributed by atoms with Crippen LogP contribution in [-0.4, -0.2) is 58.8 Å². The lowest BCUT2D eigenvalue weighted by Crippen LogP contribution is -2.45. The van der Waals surface area contributed by atoms with Crippen molar-refractivity contribution in [3.8, 4) is 0 Å². The molecule has 0 aromatic carbocycles. The highest BCUT2D eigenvalue weighted by atomic mass is 16.5. The largest absolute Gasteiger partial charge is 0.465 e. The monoisotopic (exact) mass is 409 g/mol. The highest BCUT2D eigenvalue weighted by molar-refractivity contribution is 5.94. The number of aromatic nitrogens is 2. The molecule has 0 fully saturated rings. The molecule has 9 nitrogen and oxygen atoms in total. The van der Waals surface area contributed by atoms with Gasteiger partial charge in [0, 0.05) is 18.0 Å². The van der Waals surface area contributed by atoms with E-state index in [2.05, 4.69) is 36.5 Å². The van der Waals surface area contributed by atoms with Crippen LogP contribution in [0.5, 0.6) is 0 Å². The van der Waals surface area contributed by atoms with Crippen LogP contribution in [0.1, 0.15) is 61.1 Å². The first-order chi connectivity index (χ1) is 13.3. The van der Waals surface area contributed by atoms with Gasteiger partial charge in [0.1, 0.15) is 18.9 Å². The number of carbonyl (C=O) groups is 3. The highest BCUT2D eigenvalue weighted by Crippen LogP contribution is 2.28. The van der Waals surface area contributed by atoms with Crippen molar-refractivity contribution in [3.05, 3.63) is 11.8 Å². The lowest BCUT2D eigenvalue weighted by atomic mass is 9.92. The Morgan fingerprint density at radius 2 is 1.76 bits per heavy atom. The first-order valence-electron chi connectivity index (χ1n) is 9.88. The van der Waals surface area contributed by atoms with Gasteiger partial charge in [0.25, 0.3) is 0 Å². The van der Waals surface area contributed by atoms with E-state index in [1.54, 1.807) is 18.5 Å². The summed E-state index contributed by atoms with van der Waals surface area (Å²) in [6.07, 6.45) is 0. The molecule has 0 bridgehead atoms. The number of urea groups is 1. The Bertz CT molecular complexity index is 728. The minimum Gasteiger partial charge on any atom is -0.465 e. The van der Waals surface area contributed by atoms with E-state index >= 15 is 0 Å². The number of carbonyl (C=O) groups excluding carboxylic acids is 3. The van der Waals surface area contributed by atoms with E-state index in [0.717, 1.165) is 5.69 Å². The number of hydrogen-bond donors (Lipinski definition) is 2. The zero-order valence-corrected chi connectivity index (χ0v) is 18.9. The number of rotatable bonds is 7. The number of esters is 1. The minimum absolute atomic E-state index is 0.147. The average molecular weight is 410 g/mol. The number of nitrogens with zero attached hydrogens (tertiary/aromatic N) is 3. The molecule has 1 heterocycles. The zero-order valence-electron chi connectivity index (χ0n) is 18.9. The fourth-order valence-electron chi connectivity index (χ4n) is 2.50. The molecule has 0 aliphatic rings. The molecule has 0 spiro atoms. The third kappa shape index (κ3) is 7.40. The van der Waals surface area contributed by atoms with Crippen LogP contribution in [0, 0.1) is 0 Å². The number of nitrogens with one attached hydrogen (secondary N) is 2. The molecular formula is C20H35N5O4. The maximum atomic E-state index is 12.6. The summed E-state index contributed by atoms with van der Waals surface area (Å²) in [5.41, 5.74) is 0.369. The Balaban J connectivity index is 2.85. The molecule has 9 heteroatoms. The van der Waals surface area contributed by atoms with Crippen LogP contribution < -0.4 is 10.6 Å². The number of hydrogen-bond acceptors (Lipinski definition) is 5. The molecule has 164 valence electrons. The Morgan fingerprint density at radius 3 is 2.24 bits per heavy atom. The fraction of sp³-hybridized carbons (Fsp3) is 0.700. The van der Waals surface area contributed by atoms with Crippen molar-refractivity contribution in [2.75, 3.05) is 31.6 Å². The molecule has 1 aromatic heterocycles. The Kier molecular flexibility index (Phi) is 8.23. The maximum absolute atomic E-state index is 12.6. The number of ether oxygens (including phenoxy) is 1. The molecule has 0 saturated heterocycles. The van der Waals surface area contributed by atoms with Crippen LogP contribution >= 0.6 is 0 Å². The topological polar surface area (TPSA) is 106 Å². The molecule has 3 amide bonds. The number of amides is 3. The van der Waals surface area contributed by atoms with Crippen molar-refractivity contribution in [1.82, 2.24) is 20.0 Å². The lowest BCUT2D eigenvalue weighted by Gasteiger charge is -2.24. The van der Waals surface area contributed by atoms with Crippen LogP contribution in [0.3, 0.4) is 0 Å². The van der Waals surface area contributed by atoms with Gasteiger partial charge < -0.3 is 20.3 Å². The predicted molar refractivity (Wildman–Crippen MR) is 112 cm³/mol. The van der Waals surface area contributed by atoms with E-state index in [9.17, 15) is 14.4 Å². The summed E-state index contributed by atoms with van der Waals surface area (Å²) in [6, 6.07) is 1.36. The molecule has 1 rings (SSSR count). The average Bonchev–Trinajstić information content (AvgIpc) is 3.02.